The van der Waals surface area contributed by atoms with Gasteiger partial charge in [-0.1, -0.05) is 6.07 Å². The van der Waals surface area contributed by atoms with E-state index in [1.54, 1.807) is 46.3 Å². The lowest BCUT2D eigenvalue weighted by molar-refractivity contribution is 0.0677. The Balaban J connectivity index is 1.44. The molecule has 1 atom stereocenters. The van der Waals surface area contributed by atoms with Gasteiger partial charge in [0.05, 0.1) is 35.2 Å². The molecular formula is C22H21N7O2. The number of nitrogens with two attached hydrogens (primary N) is 1. The minimum absolute atomic E-state index is 0.0174. The average Bonchev–Trinajstić information content (AvgIpc) is 3.42. The highest BCUT2D eigenvalue weighted by Crippen LogP contribution is 2.28. The largest absolute Gasteiger partial charge is 0.394 e. The maximum atomic E-state index is 12.7. The number of nitrogens with zero attached hydrogens (tertiary/aromatic N) is 6. The quantitative estimate of drug-likeness (QED) is 0.523. The van der Waals surface area contributed by atoms with Crippen molar-refractivity contribution in [3.8, 4) is 22.5 Å². The van der Waals surface area contributed by atoms with E-state index in [1.165, 1.54) is 0 Å². The zero-order chi connectivity index (χ0) is 21.4. The molecule has 5 heterocycles. The molecule has 4 aromatic rings. The van der Waals surface area contributed by atoms with Crippen LogP contribution in [0.5, 0.6) is 0 Å². The first kappa shape index (κ1) is 19.1. The second kappa shape index (κ2) is 7.77. The summed E-state index contributed by atoms with van der Waals surface area (Å²) in [5.74, 6) is 0.241. The van der Waals surface area contributed by atoms with Crippen molar-refractivity contribution in [1.82, 2.24) is 29.5 Å². The van der Waals surface area contributed by atoms with Gasteiger partial charge in [0.1, 0.15) is 0 Å². The Morgan fingerprint density at radius 3 is 2.77 bits per heavy atom. The van der Waals surface area contributed by atoms with E-state index in [4.69, 9.17) is 5.73 Å². The minimum atomic E-state index is -0.114. The fourth-order valence-corrected chi connectivity index (χ4v) is 3.99. The van der Waals surface area contributed by atoms with Crippen molar-refractivity contribution < 1.29 is 9.90 Å². The van der Waals surface area contributed by atoms with Crippen LogP contribution < -0.4 is 5.73 Å². The zero-order valence-corrected chi connectivity index (χ0v) is 16.7. The van der Waals surface area contributed by atoms with E-state index < -0.39 is 0 Å². The van der Waals surface area contributed by atoms with Crippen LogP contribution in [0.3, 0.4) is 0 Å². The standard InChI is InChI=1S/C22H21N7O2/c23-20-19(18-5-1-2-8-24-18)21-26-11-15(12-29(21)27-20)17-7-6-14(10-25-17)22(31)28-9-3-4-16(28)13-30/h1-2,5-8,10-12,16,30H,3-4,9,13H2,(H2,23,27)/t16-/m1/s1. The van der Waals surface area contributed by atoms with Gasteiger partial charge in [0.15, 0.2) is 11.5 Å². The van der Waals surface area contributed by atoms with Crippen LogP contribution in [0.25, 0.3) is 28.2 Å². The Kier molecular flexibility index (Phi) is 4.79. The number of nitrogen functional groups attached to an aromatic ring is 1. The number of aromatic nitrogens is 5. The first-order chi connectivity index (χ1) is 15.2. The number of fused-ring (bicyclic) bond motifs is 1. The van der Waals surface area contributed by atoms with Gasteiger partial charge in [-0.3, -0.25) is 14.8 Å². The van der Waals surface area contributed by atoms with Crippen LogP contribution in [0.2, 0.25) is 0 Å². The van der Waals surface area contributed by atoms with Crippen molar-refractivity contribution in [3.05, 3.63) is 60.7 Å². The van der Waals surface area contributed by atoms with Gasteiger partial charge in [0, 0.05) is 36.9 Å². The second-order valence-corrected chi connectivity index (χ2v) is 7.50. The van der Waals surface area contributed by atoms with Gasteiger partial charge in [0.25, 0.3) is 5.91 Å². The van der Waals surface area contributed by atoms with Gasteiger partial charge in [-0.25, -0.2) is 9.50 Å². The van der Waals surface area contributed by atoms with Gasteiger partial charge >= 0.3 is 0 Å². The number of amides is 1. The summed E-state index contributed by atoms with van der Waals surface area (Å²) in [6, 6.07) is 9.01. The van der Waals surface area contributed by atoms with Gasteiger partial charge in [-0.15, -0.1) is 5.10 Å². The van der Waals surface area contributed by atoms with E-state index in [9.17, 15) is 9.90 Å². The van der Waals surface area contributed by atoms with E-state index in [0.29, 0.717) is 40.5 Å². The van der Waals surface area contributed by atoms with Gasteiger partial charge in [-0.2, -0.15) is 0 Å². The maximum absolute atomic E-state index is 12.7. The van der Waals surface area contributed by atoms with Crippen molar-refractivity contribution in [2.45, 2.75) is 18.9 Å². The molecule has 9 nitrogen and oxygen atoms in total. The Bertz CT molecular complexity index is 1240. The monoisotopic (exact) mass is 415 g/mol. The smallest absolute Gasteiger partial charge is 0.255 e. The highest BCUT2D eigenvalue weighted by atomic mass is 16.3. The molecule has 0 aromatic carbocycles. The van der Waals surface area contributed by atoms with E-state index in [1.807, 2.05) is 18.2 Å². The summed E-state index contributed by atoms with van der Waals surface area (Å²) in [7, 11) is 0. The summed E-state index contributed by atoms with van der Waals surface area (Å²) >= 11 is 0. The first-order valence-electron chi connectivity index (χ1n) is 10.1. The lowest BCUT2D eigenvalue weighted by atomic mass is 10.1. The van der Waals surface area contributed by atoms with E-state index in [0.717, 1.165) is 18.4 Å². The lowest BCUT2D eigenvalue weighted by Gasteiger charge is -2.22. The van der Waals surface area contributed by atoms with E-state index in [-0.39, 0.29) is 18.6 Å². The summed E-state index contributed by atoms with van der Waals surface area (Å²) in [4.78, 5) is 27.8. The molecule has 0 spiro atoms. The van der Waals surface area contributed by atoms with E-state index in [2.05, 4.69) is 20.1 Å². The molecule has 9 heteroatoms. The Morgan fingerprint density at radius 1 is 1.13 bits per heavy atom. The molecule has 0 saturated carbocycles. The fraction of sp³-hybridized carbons (Fsp3) is 0.227. The predicted octanol–water partition coefficient (Wildman–Crippen LogP) is 2.03. The first-order valence-corrected chi connectivity index (χ1v) is 10.1. The Hall–Kier alpha value is -3.85. The minimum Gasteiger partial charge on any atom is -0.394 e. The zero-order valence-electron chi connectivity index (χ0n) is 16.7. The summed E-state index contributed by atoms with van der Waals surface area (Å²) < 4.78 is 1.62. The summed E-state index contributed by atoms with van der Waals surface area (Å²) in [5.41, 5.74) is 10.0. The van der Waals surface area contributed by atoms with Crippen LogP contribution in [-0.4, -0.2) is 59.7 Å². The molecule has 4 aromatic heterocycles. The number of rotatable bonds is 4. The second-order valence-electron chi connectivity index (χ2n) is 7.50. The number of likely N-dealkylation sites (tertiary alicyclic amines) is 1. The number of carbonyl (C=O) groups excluding carboxylic acids is 1. The van der Waals surface area contributed by atoms with Crippen LogP contribution in [0.1, 0.15) is 23.2 Å². The van der Waals surface area contributed by atoms with Crippen molar-refractivity contribution in [1.29, 1.82) is 0 Å². The molecule has 1 amide bonds. The molecule has 0 radical (unpaired) electrons. The molecule has 1 saturated heterocycles. The van der Waals surface area contributed by atoms with Crippen LogP contribution in [-0.2, 0) is 0 Å². The lowest BCUT2D eigenvalue weighted by Crippen LogP contribution is -2.37. The Morgan fingerprint density at radius 2 is 2.03 bits per heavy atom. The van der Waals surface area contributed by atoms with Gasteiger partial charge in [-0.05, 0) is 37.1 Å². The molecule has 0 aliphatic carbocycles. The van der Waals surface area contributed by atoms with Gasteiger partial charge < -0.3 is 15.7 Å². The third-order valence-electron chi connectivity index (χ3n) is 5.58. The predicted molar refractivity (Wildman–Crippen MR) is 115 cm³/mol. The molecule has 156 valence electrons. The average molecular weight is 415 g/mol. The fourth-order valence-electron chi connectivity index (χ4n) is 3.99. The van der Waals surface area contributed by atoms with Crippen LogP contribution >= 0.6 is 0 Å². The summed E-state index contributed by atoms with van der Waals surface area (Å²) in [6.07, 6.45) is 8.50. The maximum Gasteiger partial charge on any atom is 0.255 e. The summed E-state index contributed by atoms with van der Waals surface area (Å²) in [5, 5.41) is 13.8. The normalized spacial score (nSPS) is 16.2. The van der Waals surface area contributed by atoms with Crippen LogP contribution in [0.15, 0.2) is 55.1 Å². The molecule has 5 rings (SSSR count). The number of hydrogen-bond acceptors (Lipinski definition) is 7. The van der Waals surface area contributed by atoms with E-state index >= 15 is 0 Å². The molecule has 3 N–H and O–H groups in total. The topological polar surface area (TPSA) is 123 Å². The van der Waals surface area contributed by atoms with Crippen molar-refractivity contribution in [3.63, 3.8) is 0 Å². The molecule has 1 fully saturated rings. The number of carbonyl (C=O) groups is 1. The molecular weight excluding hydrogens is 394 g/mol. The van der Waals surface area contributed by atoms with Crippen LogP contribution in [0, 0.1) is 0 Å². The number of anilines is 1. The number of pyridine rings is 2. The molecule has 0 unspecified atom stereocenters. The number of aliphatic hydroxyl groups is 1. The van der Waals surface area contributed by atoms with Gasteiger partial charge in [0.2, 0.25) is 0 Å². The highest BCUT2D eigenvalue weighted by Gasteiger charge is 2.28. The number of aliphatic hydroxyl groups excluding tert-OH is 1. The molecule has 31 heavy (non-hydrogen) atoms. The van der Waals surface area contributed by atoms with Crippen molar-refractivity contribution >= 4 is 17.4 Å². The van der Waals surface area contributed by atoms with Crippen LogP contribution in [0.4, 0.5) is 5.82 Å². The molecule has 1 aliphatic rings. The SMILES string of the molecule is Nc1nn2cc(-c3ccc(C(=O)N4CCC[C@@H]4CO)cn3)cnc2c1-c1ccccn1. The van der Waals surface area contributed by atoms with Crippen molar-refractivity contribution in [2.75, 3.05) is 18.9 Å². The third-order valence-corrected chi connectivity index (χ3v) is 5.58. The third kappa shape index (κ3) is 3.38. The van der Waals surface area contributed by atoms with Crippen molar-refractivity contribution in [2.24, 2.45) is 0 Å². The summed E-state index contributed by atoms with van der Waals surface area (Å²) in [6.45, 7) is 0.641. The highest BCUT2D eigenvalue weighted by molar-refractivity contribution is 5.94. The molecule has 0 bridgehead atoms. The number of hydrogen-bond donors (Lipinski definition) is 2. The Labute approximate surface area is 178 Å². The molecule has 1 aliphatic heterocycles.